The maximum Gasteiger partial charge on any atom is 0.322 e. The zero-order valence-electron chi connectivity index (χ0n) is 8.58. The van der Waals surface area contributed by atoms with Gasteiger partial charge in [-0.05, 0) is 38.9 Å². The SMILES string of the molecule is O=C1NC(=O)[C@@H](C23CCN(CC2)CC3)N1. The largest absolute Gasteiger partial charge is 0.325 e. The Balaban J connectivity index is 1.85. The average Bonchev–Trinajstić information content (AvgIpc) is 2.61. The summed E-state index contributed by atoms with van der Waals surface area (Å²) >= 11 is 0. The first kappa shape index (κ1) is 9.15. The molecule has 1 atom stereocenters. The Bertz CT molecular complexity index is 307. The lowest BCUT2D eigenvalue weighted by Crippen LogP contribution is -2.57. The Kier molecular flexibility index (Phi) is 1.80. The second kappa shape index (κ2) is 2.95. The number of urea groups is 1. The predicted molar refractivity (Wildman–Crippen MR) is 53.2 cm³/mol. The summed E-state index contributed by atoms with van der Waals surface area (Å²) in [6.07, 6.45) is 3.10. The van der Waals surface area contributed by atoms with Gasteiger partial charge in [0.1, 0.15) is 6.04 Å². The summed E-state index contributed by atoms with van der Waals surface area (Å²) < 4.78 is 0. The third kappa shape index (κ3) is 1.26. The fourth-order valence-electron chi connectivity index (χ4n) is 3.13. The number of imide groups is 1. The molecule has 4 saturated heterocycles. The van der Waals surface area contributed by atoms with E-state index in [1.807, 2.05) is 0 Å². The van der Waals surface area contributed by atoms with Gasteiger partial charge in [0.05, 0.1) is 0 Å². The number of nitrogens with zero attached hydrogens (tertiary/aromatic N) is 1. The van der Waals surface area contributed by atoms with Crippen molar-refractivity contribution in [2.75, 3.05) is 19.6 Å². The van der Waals surface area contributed by atoms with Gasteiger partial charge in [-0.1, -0.05) is 0 Å². The van der Waals surface area contributed by atoms with E-state index < -0.39 is 0 Å². The standard InChI is InChI=1S/C10H15N3O2/c14-8-7(11-9(15)12-8)10-1-4-13(5-2-10)6-3-10/h7H,1-6H2,(H2,11,12,14,15)/t7-/m0/s1. The lowest BCUT2D eigenvalue weighted by Gasteiger charge is -2.50. The molecule has 4 fully saturated rings. The van der Waals surface area contributed by atoms with Crippen molar-refractivity contribution in [1.82, 2.24) is 15.5 Å². The number of carbonyl (C=O) groups is 2. The minimum absolute atomic E-state index is 0.0327. The molecule has 0 spiro atoms. The van der Waals surface area contributed by atoms with Crippen molar-refractivity contribution < 1.29 is 9.59 Å². The number of fused-ring (bicyclic) bond motifs is 3. The number of carbonyl (C=O) groups excluding carboxylic acids is 2. The molecule has 4 rings (SSSR count). The third-order valence-corrected chi connectivity index (χ3v) is 4.16. The van der Waals surface area contributed by atoms with E-state index >= 15 is 0 Å². The number of hydrogen-bond acceptors (Lipinski definition) is 3. The summed E-state index contributed by atoms with van der Waals surface area (Å²) in [5.41, 5.74) is 0.0327. The zero-order valence-corrected chi connectivity index (χ0v) is 8.58. The van der Waals surface area contributed by atoms with Gasteiger partial charge in [0, 0.05) is 5.41 Å². The number of piperidine rings is 3. The average molecular weight is 209 g/mol. The molecule has 4 aliphatic rings. The Labute approximate surface area is 88.2 Å². The molecule has 4 aliphatic heterocycles. The number of rotatable bonds is 1. The van der Waals surface area contributed by atoms with Crippen molar-refractivity contribution in [3.63, 3.8) is 0 Å². The Hall–Kier alpha value is -1.10. The molecular formula is C10H15N3O2. The topological polar surface area (TPSA) is 61.4 Å². The van der Waals surface area contributed by atoms with Crippen LogP contribution < -0.4 is 10.6 Å². The molecule has 0 aromatic heterocycles. The number of amides is 3. The molecule has 4 heterocycles. The van der Waals surface area contributed by atoms with E-state index in [9.17, 15) is 9.59 Å². The second-order valence-electron chi connectivity index (χ2n) is 4.85. The molecular weight excluding hydrogens is 194 g/mol. The van der Waals surface area contributed by atoms with Gasteiger partial charge < -0.3 is 10.2 Å². The van der Waals surface area contributed by atoms with Gasteiger partial charge in [-0.15, -0.1) is 0 Å². The molecule has 0 saturated carbocycles. The van der Waals surface area contributed by atoms with Crippen LogP contribution in [0.15, 0.2) is 0 Å². The Morgan fingerprint density at radius 1 is 1.13 bits per heavy atom. The molecule has 2 N–H and O–H groups in total. The summed E-state index contributed by atoms with van der Waals surface area (Å²) in [6.45, 7) is 3.21. The summed E-state index contributed by atoms with van der Waals surface area (Å²) in [5.74, 6) is -0.129. The molecule has 5 nitrogen and oxygen atoms in total. The second-order valence-corrected chi connectivity index (χ2v) is 4.85. The van der Waals surface area contributed by atoms with Gasteiger partial charge in [-0.3, -0.25) is 10.1 Å². The van der Waals surface area contributed by atoms with Gasteiger partial charge >= 0.3 is 6.03 Å². The van der Waals surface area contributed by atoms with Crippen molar-refractivity contribution >= 4 is 11.9 Å². The van der Waals surface area contributed by atoms with E-state index in [1.54, 1.807) is 0 Å². The molecule has 0 aromatic rings. The fourth-order valence-corrected chi connectivity index (χ4v) is 3.13. The molecule has 2 bridgehead atoms. The first-order chi connectivity index (χ1) is 7.20. The van der Waals surface area contributed by atoms with Gasteiger partial charge in [-0.25, -0.2) is 4.79 Å². The quantitative estimate of drug-likeness (QED) is 0.582. The van der Waals surface area contributed by atoms with E-state index in [4.69, 9.17) is 0 Å². The van der Waals surface area contributed by atoms with Crippen LogP contribution in [-0.4, -0.2) is 42.5 Å². The van der Waals surface area contributed by atoms with Crippen LogP contribution >= 0.6 is 0 Å². The highest BCUT2D eigenvalue weighted by Crippen LogP contribution is 2.43. The molecule has 0 unspecified atom stereocenters. The number of nitrogens with one attached hydrogen (secondary N) is 2. The van der Waals surface area contributed by atoms with E-state index in [1.165, 1.54) is 0 Å². The van der Waals surface area contributed by atoms with Crippen molar-refractivity contribution in [1.29, 1.82) is 0 Å². The highest BCUT2D eigenvalue weighted by Gasteiger charge is 2.51. The van der Waals surface area contributed by atoms with Crippen LogP contribution in [0, 0.1) is 5.41 Å². The minimum atomic E-state index is -0.327. The molecule has 0 aliphatic carbocycles. The Morgan fingerprint density at radius 3 is 2.20 bits per heavy atom. The van der Waals surface area contributed by atoms with Crippen molar-refractivity contribution in [3.8, 4) is 0 Å². The van der Waals surface area contributed by atoms with Crippen molar-refractivity contribution in [3.05, 3.63) is 0 Å². The molecule has 0 radical (unpaired) electrons. The van der Waals surface area contributed by atoms with Crippen LogP contribution in [0.1, 0.15) is 19.3 Å². The smallest absolute Gasteiger partial charge is 0.322 e. The highest BCUT2D eigenvalue weighted by atomic mass is 16.2. The van der Waals surface area contributed by atoms with Gasteiger partial charge in [0.25, 0.3) is 5.91 Å². The molecule has 82 valence electrons. The summed E-state index contributed by atoms with van der Waals surface area (Å²) in [4.78, 5) is 25.2. The van der Waals surface area contributed by atoms with Crippen molar-refractivity contribution in [2.24, 2.45) is 5.41 Å². The van der Waals surface area contributed by atoms with Gasteiger partial charge in [0.15, 0.2) is 0 Å². The normalized spacial score (nSPS) is 44.0. The number of hydrogen-bond donors (Lipinski definition) is 2. The van der Waals surface area contributed by atoms with Crippen LogP contribution in [0.2, 0.25) is 0 Å². The third-order valence-electron chi connectivity index (χ3n) is 4.16. The summed E-state index contributed by atoms with van der Waals surface area (Å²) in [7, 11) is 0. The first-order valence-corrected chi connectivity index (χ1v) is 5.53. The summed E-state index contributed by atoms with van der Waals surface area (Å²) in [5, 5.41) is 5.11. The maximum absolute atomic E-state index is 11.7. The van der Waals surface area contributed by atoms with E-state index in [0.717, 1.165) is 38.9 Å². The van der Waals surface area contributed by atoms with E-state index in [-0.39, 0.29) is 23.4 Å². The summed E-state index contributed by atoms with van der Waals surface area (Å²) in [6, 6.07) is -0.611. The van der Waals surface area contributed by atoms with Crippen LogP contribution in [-0.2, 0) is 4.79 Å². The van der Waals surface area contributed by atoms with Crippen molar-refractivity contribution in [2.45, 2.75) is 25.3 Å². The van der Waals surface area contributed by atoms with E-state index in [2.05, 4.69) is 15.5 Å². The fraction of sp³-hybridized carbons (Fsp3) is 0.800. The predicted octanol–water partition coefficient (Wildman–Crippen LogP) is -0.320. The molecule has 15 heavy (non-hydrogen) atoms. The lowest BCUT2D eigenvalue weighted by molar-refractivity contribution is -0.125. The maximum atomic E-state index is 11.7. The zero-order chi connectivity index (χ0) is 10.5. The molecule has 0 aromatic carbocycles. The Morgan fingerprint density at radius 2 is 1.73 bits per heavy atom. The minimum Gasteiger partial charge on any atom is -0.325 e. The lowest BCUT2D eigenvalue weighted by atomic mass is 9.67. The highest BCUT2D eigenvalue weighted by molar-refractivity contribution is 6.04. The van der Waals surface area contributed by atoms with Gasteiger partial charge in [0.2, 0.25) is 0 Å². The molecule has 5 heteroatoms. The van der Waals surface area contributed by atoms with Crippen LogP contribution in [0.5, 0.6) is 0 Å². The molecule has 3 amide bonds. The van der Waals surface area contributed by atoms with Crippen LogP contribution in [0.4, 0.5) is 4.79 Å². The van der Waals surface area contributed by atoms with Crippen LogP contribution in [0.25, 0.3) is 0 Å². The van der Waals surface area contributed by atoms with E-state index in [0.29, 0.717) is 0 Å². The monoisotopic (exact) mass is 209 g/mol. The van der Waals surface area contributed by atoms with Crippen LogP contribution in [0.3, 0.4) is 0 Å². The van der Waals surface area contributed by atoms with Gasteiger partial charge in [-0.2, -0.15) is 0 Å². The first-order valence-electron chi connectivity index (χ1n) is 5.53.